The molecule has 2 aromatic heterocycles. The fourth-order valence-corrected chi connectivity index (χ4v) is 5.34. The summed E-state index contributed by atoms with van der Waals surface area (Å²) in [5.41, 5.74) is 7.65. The highest BCUT2D eigenvalue weighted by atomic mass is 16.1. The number of H-pyrrole nitrogens is 1. The SMILES string of the molecule is O=C1NCc2c1c1c3ccccc3[nH]c1c1c2c2ccccc2n1Cc1ccccc1. The van der Waals surface area contributed by atoms with E-state index in [2.05, 4.69) is 81.6 Å². The summed E-state index contributed by atoms with van der Waals surface area (Å²) >= 11 is 0. The Hall–Kier alpha value is -4.05. The molecular formula is C27H19N3O. The lowest BCUT2D eigenvalue weighted by atomic mass is 9.97. The minimum Gasteiger partial charge on any atom is -0.353 e. The van der Waals surface area contributed by atoms with E-state index in [4.69, 9.17) is 0 Å². The van der Waals surface area contributed by atoms with E-state index in [1.54, 1.807) is 0 Å². The average molecular weight is 401 g/mol. The second-order valence-electron chi connectivity index (χ2n) is 8.27. The number of rotatable bonds is 2. The first-order valence-corrected chi connectivity index (χ1v) is 10.6. The van der Waals surface area contributed by atoms with Crippen LogP contribution in [0.3, 0.4) is 0 Å². The van der Waals surface area contributed by atoms with Crippen LogP contribution in [-0.2, 0) is 13.1 Å². The molecule has 0 saturated heterocycles. The maximum absolute atomic E-state index is 13.0. The molecule has 1 aliphatic rings. The van der Waals surface area contributed by atoms with Gasteiger partial charge < -0.3 is 14.9 Å². The van der Waals surface area contributed by atoms with Crippen molar-refractivity contribution >= 4 is 49.5 Å². The molecule has 1 aliphatic heterocycles. The molecule has 0 bridgehead atoms. The molecule has 0 radical (unpaired) electrons. The Bertz CT molecular complexity index is 1670. The van der Waals surface area contributed by atoms with Gasteiger partial charge in [0.2, 0.25) is 0 Å². The second-order valence-corrected chi connectivity index (χ2v) is 8.27. The van der Waals surface area contributed by atoms with Crippen LogP contribution in [0.5, 0.6) is 0 Å². The van der Waals surface area contributed by atoms with Crippen LogP contribution in [0.2, 0.25) is 0 Å². The summed E-state index contributed by atoms with van der Waals surface area (Å²) in [5, 5.41) is 7.59. The molecular weight excluding hydrogens is 382 g/mol. The first kappa shape index (κ1) is 16.7. The maximum Gasteiger partial charge on any atom is 0.252 e. The van der Waals surface area contributed by atoms with E-state index in [1.807, 2.05) is 12.1 Å². The molecule has 0 atom stereocenters. The van der Waals surface area contributed by atoms with Crippen LogP contribution >= 0.6 is 0 Å². The summed E-state index contributed by atoms with van der Waals surface area (Å²) in [5.74, 6) is 0.0199. The topological polar surface area (TPSA) is 49.8 Å². The van der Waals surface area contributed by atoms with Crippen LogP contribution in [0.25, 0.3) is 43.6 Å². The molecule has 31 heavy (non-hydrogen) atoms. The molecule has 0 spiro atoms. The van der Waals surface area contributed by atoms with Gasteiger partial charge in [-0.05, 0) is 23.3 Å². The molecule has 4 nitrogen and oxygen atoms in total. The van der Waals surface area contributed by atoms with E-state index in [0.717, 1.165) is 39.5 Å². The second kappa shape index (κ2) is 5.99. The molecule has 1 amide bonds. The van der Waals surface area contributed by atoms with Crippen molar-refractivity contribution in [1.29, 1.82) is 0 Å². The molecule has 7 rings (SSSR count). The number of aromatic amines is 1. The van der Waals surface area contributed by atoms with E-state index in [9.17, 15) is 4.79 Å². The molecule has 6 aromatic rings. The number of hydrogen-bond acceptors (Lipinski definition) is 1. The third kappa shape index (κ3) is 2.16. The van der Waals surface area contributed by atoms with E-state index < -0.39 is 0 Å². The molecule has 4 aromatic carbocycles. The van der Waals surface area contributed by atoms with Gasteiger partial charge in [0.15, 0.2) is 0 Å². The Morgan fingerprint density at radius 3 is 2.42 bits per heavy atom. The number of nitrogens with one attached hydrogen (secondary N) is 2. The van der Waals surface area contributed by atoms with E-state index in [-0.39, 0.29) is 5.91 Å². The van der Waals surface area contributed by atoms with Crippen molar-refractivity contribution in [2.24, 2.45) is 0 Å². The molecule has 0 saturated carbocycles. The number of aromatic nitrogens is 2. The smallest absolute Gasteiger partial charge is 0.252 e. The Balaban J connectivity index is 1.74. The highest BCUT2D eigenvalue weighted by Gasteiger charge is 2.30. The molecule has 148 valence electrons. The first-order chi connectivity index (χ1) is 15.3. The number of hydrogen-bond donors (Lipinski definition) is 2. The van der Waals surface area contributed by atoms with Crippen molar-refractivity contribution in [3.63, 3.8) is 0 Å². The van der Waals surface area contributed by atoms with Gasteiger partial charge in [-0.15, -0.1) is 0 Å². The van der Waals surface area contributed by atoms with Crippen LogP contribution in [0.1, 0.15) is 21.5 Å². The molecule has 3 heterocycles. The summed E-state index contributed by atoms with van der Waals surface area (Å²) in [7, 11) is 0. The van der Waals surface area contributed by atoms with Crippen molar-refractivity contribution in [3.8, 4) is 0 Å². The van der Waals surface area contributed by atoms with Gasteiger partial charge in [-0.25, -0.2) is 0 Å². The minimum atomic E-state index is 0.0199. The van der Waals surface area contributed by atoms with Gasteiger partial charge in [-0.3, -0.25) is 4.79 Å². The van der Waals surface area contributed by atoms with Gasteiger partial charge in [0.25, 0.3) is 5.91 Å². The van der Waals surface area contributed by atoms with E-state index in [0.29, 0.717) is 6.54 Å². The van der Waals surface area contributed by atoms with Crippen molar-refractivity contribution < 1.29 is 4.79 Å². The largest absolute Gasteiger partial charge is 0.353 e. The zero-order valence-electron chi connectivity index (χ0n) is 16.8. The Morgan fingerprint density at radius 2 is 1.55 bits per heavy atom. The lowest BCUT2D eigenvalue weighted by molar-refractivity contribution is 0.0967. The van der Waals surface area contributed by atoms with Crippen molar-refractivity contribution in [1.82, 2.24) is 14.9 Å². The third-order valence-electron chi connectivity index (χ3n) is 6.60. The lowest BCUT2D eigenvalue weighted by Crippen LogP contribution is -2.12. The monoisotopic (exact) mass is 401 g/mol. The minimum absolute atomic E-state index is 0.0199. The summed E-state index contributed by atoms with van der Waals surface area (Å²) in [6, 6.07) is 27.4. The van der Waals surface area contributed by atoms with Gasteiger partial charge in [0.1, 0.15) is 0 Å². The molecule has 2 N–H and O–H groups in total. The lowest BCUT2D eigenvalue weighted by Gasteiger charge is -2.10. The number of carbonyl (C=O) groups excluding carboxylic acids is 1. The van der Waals surface area contributed by atoms with Gasteiger partial charge in [-0.2, -0.15) is 0 Å². The van der Waals surface area contributed by atoms with Crippen molar-refractivity contribution in [3.05, 3.63) is 95.6 Å². The highest BCUT2D eigenvalue weighted by Crippen LogP contribution is 2.43. The highest BCUT2D eigenvalue weighted by molar-refractivity contribution is 6.30. The van der Waals surface area contributed by atoms with Crippen molar-refractivity contribution in [2.45, 2.75) is 13.1 Å². The zero-order chi connectivity index (χ0) is 20.5. The van der Waals surface area contributed by atoms with Crippen LogP contribution in [0, 0.1) is 0 Å². The van der Waals surface area contributed by atoms with Gasteiger partial charge in [0.05, 0.1) is 16.6 Å². The summed E-state index contributed by atoms with van der Waals surface area (Å²) in [6.45, 7) is 1.34. The number of benzene rings is 4. The van der Waals surface area contributed by atoms with Crippen molar-refractivity contribution in [2.75, 3.05) is 0 Å². The predicted molar refractivity (Wildman–Crippen MR) is 126 cm³/mol. The fraction of sp³-hybridized carbons (Fsp3) is 0.0741. The quantitative estimate of drug-likeness (QED) is 0.383. The summed E-state index contributed by atoms with van der Waals surface area (Å²) in [6.07, 6.45) is 0. The average Bonchev–Trinajstić information content (AvgIpc) is 3.47. The maximum atomic E-state index is 13.0. The zero-order valence-corrected chi connectivity index (χ0v) is 16.8. The van der Waals surface area contributed by atoms with E-state index in [1.165, 1.54) is 27.4 Å². The number of amides is 1. The number of carbonyl (C=O) groups is 1. The van der Waals surface area contributed by atoms with Gasteiger partial charge in [-0.1, -0.05) is 66.7 Å². The number of para-hydroxylation sites is 2. The molecule has 0 aliphatic carbocycles. The summed E-state index contributed by atoms with van der Waals surface area (Å²) < 4.78 is 2.40. The van der Waals surface area contributed by atoms with Gasteiger partial charge in [0, 0.05) is 45.7 Å². The summed E-state index contributed by atoms with van der Waals surface area (Å²) in [4.78, 5) is 16.6. The van der Waals surface area contributed by atoms with Gasteiger partial charge >= 0.3 is 0 Å². The van der Waals surface area contributed by atoms with Crippen LogP contribution < -0.4 is 5.32 Å². The Morgan fingerprint density at radius 1 is 0.806 bits per heavy atom. The van der Waals surface area contributed by atoms with Crippen LogP contribution in [-0.4, -0.2) is 15.5 Å². The fourth-order valence-electron chi connectivity index (χ4n) is 5.34. The normalized spacial score (nSPS) is 13.5. The number of fused-ring (bicyclic) bond motifs is 10. The Kier molecular flexibility index (Phi) is 3.23. The number of nitrogens with zero attached hydrogens (tertiary/aromatic N) is 1. The predicted octanol–water partition coefficient (Wildman–Crippen LogP) is 5.72. The Labute approximate surface area is 178 Å². The standard InChI is InChI=1S/C27H19N3O/c31-27-24-19(14-28-27)22-18-11-5-7-13-21(18)30(15-16-8-2-1-3-9-16)26(22)25-23(24)17-10-4-6-12-20(17)29-25/h1-13,29H,14-15H2,(H,28,31). The molecule has 0 unspecified atom stereocenters. The molecule has 0 fully saturated rings. The molecule has 4 heteroatoms. The van der Waals surface area contributed by atoms with Crippen LogP contribution in [0.4, 0.5) is 0 Å². The third-order valence-corrected chi connectivity index (χ3v) is 6.60. The first-order valence-electron chi connectivity index (χ1n) is 10.6. The van der Waals surface area contributed by atoms with E-state index >= 15 is 0 Å². The van der Waals surface area contributed by atoms with Crippen LogP contribution in [0.15, 0.2) is 78.9 Å².